The Morgan fingerprint density at radius 2 is 2.04 bits per heavy atom. The summed E-state index contributed by atoms with van der Waals surface area (Å²) in [5, 5.41) is 14.3. The van der Waals surface area contributed by atoms with Gasteiger partial charge in [-0.3, -0.25) is 15.3 Å². The summed E-state index contributed by atoms with van der Waals surface area (Å²) in [6.07, 6.45) is 0.301. The Balaban J connectivity index is 1.58. The van der Waals surface area contributed by atoms with Crippen LogP contribution in [0.25, 0.3) is 0 Å². The minimum atomic E-state index is -0.249. The Labute approximate surface area is 139 Å². The molecule has 2 heterocycles. The van der Waals surface area contributed by atoms with E-state index in [0.717, 1.165) is 16.8 Å². The predicted octanol–water partition coefficient (Wildman–Crippen LogP) is 1.14. The average Bonchev–Trinajstić information content (AvgIpc) is 3.10. The first-order valence-corrected chi connectivity index (χ1v) is 7.85. The summed E-state index contributed by atoms with van der Waals surface area (Å²) in [6.45, 7) is 3.41. The molecule has 0 spiro atoms. The average molecular weight is 328 g/mol. The summed E-state index contributed by atoms with van der Waals surface area (Å²) in [6, 6.07) is 9.30. The number of aromatic nitrogens is 2. The Kier molecular flexibility index (Phi) is 4.76. The zero-order chi connectivity index (χ0) is 16.9. The molecule has 8 nitrogen and oxygen atoms in total. The first-order chi connectivity index (χ1) is 11.7. The van der Waals surface area contributed by atoms with Gasteiger partial charge >= 0.3 is 6.03 Å². The number of rotatable bonds is 5. The van der Waals surface area contributed by atoms with Crippen molar-refractivity contribution >= 4 is 17.8 Å². The molecular weight excluding hydrogens is 308 g/mol. The van der Waals surface area contributed by atoms with Gasteiger partial charge < -0.3 is 10.6 Å². The zero-order valence-electron chi connectivity index (χ0n) is 13.4. The van der Waals surface area contributed by atoms with Gasteiger partial charge in [0.05, 0.1) is 18.7 Å². The van der Waals surface area contributed by atoms with Crippen molar-refractivity contribution < 1.29 is 9.59 Å². The fourth-order valence-electron chi connectivity index (χ4n) is 2.62. The van der Waals surface area contributed by atoms with E-state index in [4.69, 9.17) is 0 Å². The molecule has 0 radical (unpaired) electrons. The van der Waals surface area contributed by atoms with Gasteiger partial charge in [-0.15, -0.1) is 0 Å². The van der Waals surface area contributed by atoms with Crippen LogP contribution in [0.3, 0.4) is 0 Å². The highest BCUT2D eigenvalue weighted by atomic mass is 16.2. The summed E-state index contributed by atoms with van der Waals surface area (Å²) in [4.78, 5) is 23.7. The highest BCUT2D eigenvalue weighted by molar-refractivity contribution is 5.92. The molecule has 8 heteroatoms. The van der Waals surface area contributed by atoms with Gasteiger partial charge in [0, 0.05) is 18.7 Å². The predicted molar refractivity (Wildman–Crippen MR) is 88.8 cm³/mol. The summed E-state index contributed by atoms with van der Waals surface area (Å²) in [7, 11) is 0. The van der Waals surface area contributed by atoms with Gasteiger partial charge in [-0.05, 0) is 12.5 Å². The number of carbonyl (C=O) groups excluding carboxylic acids is 2. The SMILES string of the molecule is CCNC(=O)NN1Cc2n[nH]c(NC(=O)Cc3ccccc3)c2C1. The van der Waals surface area contributed by atoms with Gasteiger partial charge in [0.15, 0.2) is 0 Å². The van der Waals surface area contributed by atoms with Gasteiger partial charge in [0.1, 0.15) is 5.82 Å². The lowest BCUT2D eigenvalue weighted by Gasteiger charge is -2.16. The third kappa shape index (κ3) is 3.72. The number of urea groups is 1. The number of hydrazine groups is 1. The fraction of sp³-hybridized carbons (Fsp3) is 0.312. The Morgan fingerprint density at radius 3 is 2.79 bits per heavy atom. The molecule has 2 aromatic rings. The van der Waals surface area contributed by atoms with E-state index in [1.54, 1.807) is 5.01 Å². The van der Waals surface area contributed by atoms with Crippen molar-refractivity contribution in [2.45, 2.75) is 26.4 Å². The molecule has 0 aliphatic carbocycles. The van der Waals surface area contributed by atoms with E-state index in [0.29, 0.717) is 31.9 Å². The second-order valence-corrected chi connectivity index (χ2v) is 5.56. The highest BCUT2D eigenvalue weighted by Crippen LogP contribution is 2.25. The lowest BCUT2D eigenvalue weighted by atomic mass is 10.1. The number of hydrogen-bond acceptors (Lipinski definition) is 4. The molecule has 24 heavy (non-hydrogen) atoms. The third-order valence-electron chi connectivity index (χ3n) is 3.71. The number of hydrogen-bond donors (Lipinski definition) is 4. The van der Waals surface area contributed by atoms with Gasteiger partial charge in [-0.2, -0.15) is 5.10 Å². The summed E-state index contributed by atoms with van der Waals surface area (Å²) < 4.78 is 0. The minimum Gasteiger partial charge on any atom is -0.337 e. The van der Waals surface area contributed by atoms with Crippen LogP contribution in [-0.4, -0.2) is 33.7 Å². The quantitative estimate of drug-likeness (QED) is 0.661. The normalized spacial score (nSPS) is 13.4. The first-order valence-electron chi connectivity index (χ1n) is 7.85. The van der Waals surface area contributed by atoms with E-state index in [2.05, 4.69) is 26.3 Å². The smallest absolute Gasteiger partial charge is 0.329 e. The van der Waals surface area contributed by atoms with Crippen molar-refractivity contribution in [2.75, 3.05) is 11.9 Å². The maximum atomic E-state index is 12.2. The maximum absolute atomic E-state index is 12.2. The van der Waals surface area contributed by atoms with Crippen molar-refractivity contribution in [1.29, 1.82) is 0 Å². The molecule has 1 aromatic carbocycles. The molecule has 1 aliphatic heterocycles. The summed E-state index contributed by atoms with van der Waals surface area (Å²) in [5.41, 5.74) is 5.42. The number of carbonyl (C=O) groups is 2. The van der Waals surface area contributed by atoms with E-state index >= 15 is 0 Å². The van der Waals surface area contributed by atoms with E-state index in [1.165, 1.54) is 0 Å². The van der Waals surface area contributed by atoms with Crippen LogP contribution in [-0.2, 0) is 24.3 Å². The number of amides is 3. The van der Waals surface area contributed by atoms with Crippen molar-refractivity contribution in [3.8, 4) is 0 Å². The largest absolute Gasteiger partial charge is 0.337 e. The molecule has 0 atom stereocenters. The molecule has 1 aromatic heterocycles. The number of aromatic amines is 1. The number of nitrogens with zero attached hydrogens (tertiary/aromatic N) is 2. The Morgan fingerprint density at radius 1 is 1.25 bits per heavy atom. The van der Waals surface area contributed by atoms with Crippen LogP contribution >= 0.6 is 0 Å². The number of H-pyrrole nitrogens is 1. The standard InChI is InChI=1S/C16H20N6O2/c1-2-17-16(24)21-22-9-12-13(10-22)19-20-15(12)18-14(23)8-11-6-4-3-5-7-11/h3-7H,2,8-10H2,1H3,(H2,17,21,24)(H2,18,19,20,23). The Bertz CT molecular complexity index is 727. The molecule has 3 rings (SSSR count). The zero-order valence-corrected chi connectivity index (χ0v) is 13.4. The first kappa shape index (κ1) is 16.0. The maximum Gasteiger partial charge on any atom is 0.329 e. The van der Waals surface area contributed by atoms with Crippen LogP contribution in [0.15, 0.2) is 30.3 Å². The number of nitrogens with one attached hydrogen (secondary N) is 4. The van der Waals surface area contributed by atoms with Crippen LogP contribution < -0.4 is 16.1 Å². The molecule has 0 unspecified atom stereocenters. The lowest BCUT2D eigenvalue weighted by molar-refractivity contribution is -0.115. The van der Waals surface area contributed by atoms with Gasteiger partial charge in [-0.1, -0.05) is 30.3 Å². The van der Waals surface area contributed by atoms with E-state index in [-0.39, 0.29) is 11.9 Å². The van der Waals surface area contributed by atoms with E-state index < -0.39 is 0 Å². The highest BCUT2D eigenvalue weighted by Gasteiger charge is 2.26. The Hall–Kier alpha value is -2.87. The molecule has 0 bridgehead atoms. The third-order valence-corrected chi connectivity index (χ3v) is 3.71. The molecule has 1 aliphatic rings. The van der Waals surface area contributed by atoms with E-state index in [9.17, 15) is 9.59 Å². The van der Waals surface area contributed by atoms with Crippen LogP contribution in [0.2, 0.25) is 0 Å². The number of anilines is 1. The monoisotopic (exact) mass is 328 g/mol. The molecule has 3 amide bonds. The van der Waals surface area contributed by atoms with Gasteiger partial charge in [0.25, 0.3) is 0 Å². The molecule has 4 N–H and O–H groups in total. The van der Waals surface area contributed by atoms with E-state index in [1.807, 2.05) is 37.3 Å². The van der Waals surface area contributed by atoms with Crippen molar-refractivity contribution in [1.82, 2.24) is 25.9 Å². The fourth-order valence-corrected chi connectivity index (χ4v) is 2.62. The molecule has 0 saturated carbocycles. The number of benzene rings is 1. The molecule has 0 fully saturated rings. The number of fused-ring (bicyclic) bond motifs is 1. The van der Waals surface area contributed by atoms with Crippen molar-refractivity contribution in [3.63, 3.8) is 0 Å². The second-order valence-electron chi connectivity index (χ2n) is 5.56. The topological polar surface area (TPSA) is 102 Å². The molecular formula is C16H20N6O2. The minimum absolute atomic E-state index is 0.109. The molecule has 0 saturated heterocycles. The van der Waals surface area contributed by atoms with Crippen LogP contribution in [0.4, 0.5) is 10.6 Å². The second kappa shape index (κ2) is 7.14. The summed E-state index contributed by atoms with van der Waals surface area (Å²) >= 11 is 0. The van der Waals surface area contributed by atoms with Crippen LogP contribution in [0, 0.1) is 0 Å². The lowest BCUT2D eigenvalue weighted by Crippen LogP contribution is -2.44. The van der Waals surface area contributed by atoms with Gasteiger partial charge in [0.2, 0.25) is 5.91 Å². The van der Waals surface area contributed by atoms with Gasteiger partial charge in [-0.25, -0.2) is 9.80 Å². The van der Waals surface area contributed by atoms with Crippen LogP contribution in [0.5, 0.6) is 0 Å². The van der Waals surface area contributed by atoms with Crippen LogP contribution in [0.1, 0.15) is 23.7 Å². The van der Waals surface area contributed by atoms with Crippen molar-refractivity contribution in [2.24, 2.45) is 0 Å². The molecule has 126 valence electrons. The van der Waals surface area contributed by atoms with Crippen molar-refractivity contribution in [3.05, 3.63) is 47.2 Å². The summed E-state index contributed by atoms with van der Waals surface area (Å²) in [5.74, 6) is 0.480.